The van der Waals surface area contributed by atoms with Gasteiger partial charge in [-0.25, -0.2) is 0 Å². The number of para-hydroxylation sites is 1. The Morgan fingerprint density at radius 1 is 1.22 bits per heavy atom. The Morgan fingerprint density at radius 2 is 2.00 bits per heavy atom. The van der Waals surface area contributed by atoms with E-state index in [4.69, 9.17) is 4.74 Å². The third-order valence-electron chi connectivity index (χ3n) is 4.63. The molecule has 1 aliphatic carbocycles. The molecule has 1 heterocycles. The van der Waals surface area contributed by atoms with E-state index in [0.29, 0.717) is 5.92 Å². The molecule has 1 saturated carbocycles. The highest BCUT2D eigenvalue weighted by Gasteiger charge is 2.47. The van der Waals surface area contributed by atoms with Gasteiger partial charge < -0.3 is 10.1 Å². The molecule has 1 aromatic carbocycles. The van der Waals surface area contributed by atoms with Crippen LogP contribution in [0.3, 0.4) is 0 Å². The lowest BCUT2D eigenvalue weighted by molar-refractivity contribution is 0.0264. The molecule has 3 rings (SSSR count). The Balaban J connectivity index is 1.91. The summed E-state index contributed by atoms with van der Waals surface area (Å²) in [7, 11) is 2.04. The maximum absolute atomic E-state index is 6.42. The number of hydrogen-bond donors (Lipinski definition) is 1. The number of rotatable bonds is 3. The van der Waals surface area contributed by atoms with E-state index in [-0.39, 0.29) is 5.60 Å². The van der Waals surface area contributed by atoms with Gasteiger partial charge in [0.2, 0.25) is 0 Å². The van der Waals surface area contributed by atoms with Gasteiger partial charge in [-0.2, -0.15) is 0 Å². The molecule has 1 spiro atoms. The van der Waals surface area contributed by atoms with Gasteiger partial charge in [0.05, 0.1) is 0 Å². The predicted molar refractivity (Wildman–Crippen MR) is 74.2 cm³/mol. The summed E-state index contributed by atoms with van der Waals surface area (Å²) in [5.41, 5.74) is 1.55. The topological polar surface area (TPSA) is 21.3 Å². The van der Waals surface area contributed by atoms with E-state index in [2.05, 4.69) is 29.6 Å². The zero-order valence-electron chi connectivity index (χ0n) is 11.2. The molecule has 2 nitrogen and oxygen atoms in total. The summed E-state index contributed by atoms with van der Waals surface area (Å²) in [5, 5.41) is 3.29. The van der Waals surface area contributed by atoms with Crippen LogP contribution in [0.4, 0.5) is 0 Å². The average molecular weight is 245 g/mol. The molecule has 0 aromatic heterocycles. The minimum atomic E-state index is 0.110. The van der Waals surface area contributed by atoms with E-state index >= 15 is 0 Å². The largest absolute Gasteiger partial charge is 0.486 e. The molecule has 0 unspecified atom stereocenters. The van der Waals surface area contributed by atoms with Crippen molar-refractivity contribution in [2.45, 2.75) is 50.0 Å². The first-order valence-corrected chi connectivity index (χ1v) is 7.28. The summed E-state index contributed by atoms with van der Waals surface area (Å²) in [6.07, 6.45) is 7.67. The van der Waals surface area contributed by atoms with E-state index in [9.17, 15) is 0 Å². The number of benzene rings is 1. The van der Waals surface area contributed by atoms with Crippen LogP contribution in [-0.2, 0) is 0 Å². The molecule has 1 aromatic rings. The van der Waals surface area contributed by atoms with Crippen LogP contribution in [0.1, 0.15) is 50.0 Å². The minimum absolute atomic E-state index is 0.110. The third-order valence-corrected chi connectivity index (χ3v) is 4.63. The summed E-state index contributed by atoms with van der Waals surface area (Å²) in [6.45, 7) is 1.07. The maximum Gasteiger partial charge on any atom is 0.123 e. The quantitative estimate of drug-likeness (QED) is 0.880. The Hall–Kier alpha value is -1.02. The molecule has 2 heteroatoms. The monoisotopic (exact) mass is 245 g/mol. The summed E-state index contributed by atoms with van der Waals surface area (Å²) in [6, 6.07) is 8.65. The zero-order chi connectivity index (χ0) is 12.4. The molecule has 0 radical (unpaired) electrons. The molecule has 0 bridgehead atoms. The van der Waals surface area contributed by atoms with Crippen LogP contribution in [0.25, 0.3) is 0 Å². The zero-order valence-corrected chi connectivity index (χ0v) is 11.2. The third kappa shape index (κ3) is 1.93. The summed E-state index contributed by atoms with van der Waals surface area (Å²) in [5.74, 6) is 1.72. The lowest BCUT2D eigenvalue weighted by Gasteiger charge is -2.38. The highest BCUT2D eigenvalue weighted by atomic mass is 16.5. The van der Waals surface area contributed by atoms with Crippen molar-refractivity contribution in [2.75, 3.05) is 13.6 Å². The first kappa shape index (κ1) is 12.0. The van der Waals surface area contributed by atoms with Gasteiger partial charge in [0.1, 0.15) is 11.4 Å². The lowest BCUT2D eigenvalue weighted by atomic mass is 9.73. The van der Waals surface area contributed by atoms with E-state index in [1.807, 2.05) is 7.05 Å². The van der Waals surface area contributed by atoms with Gasteiger partial charge >= 0.3 is 0 Å². The summed E-state index contributed by atoms with van der Waals surface area (Å²) < 4.78 is 6.42. The Bertz CT molecular complexity index is 409. The summed E-state index contributed by atoms with van der Waals surface area (Å²) >= 11 is 0. The minimum Gasteiger partial charge on any atom is -0.486 e. The van der Waals surface area contributed by atoms with E-state index < -0.39 is 0 Å². The highest BCUT2D eigenvalue weighted by molar-refractivity contribution is 5.43. The fourth-order valence-corrected chi connectivity index (χ4v) is 3.74. The molecule has 0 amide bonds. The highest BCUT2D eigenvalue weighted by Crippen LogP contribution is 2.52. The second-order valence-electron chi connectivity index (χ2n) is 5.71. The standard InChI is InChI=1S/C16H23NO/c1-17-12-9-14-13-7-3-4-8-15(13)18-16(14)10-5-2-6-11-16/h3-4,7-8,14,17H,2,5-6,9-12H2,1H3/t14-/m1/s1. The first-order chi connectivity index (χ1) is 8.86. The molecule has 0 saturated heterocycles. The average Bonchev–Trinajstić information content (AvgIpc) is 2.70. The second kappa shape index (κ2) is 4.93. The van der Waals surface area contributed by atoms with Crippen LogP contribution in [0, 0.1) is 0 Å². The van der Waals surface area contributed by atoms with E-state index in [0.717, 1.165) is 12.3 Å². The van der Waals surface area contributed by atoms with E-state index in [1.165, 1.54) is 44.1 Å². The van der Waals surface area contributed by atoms with Crippen molar-refractivity contribution in [3.05, 3.63) is 29.8 Å². The first-order valence-electron chi connectivity index (χ1n) is 7.28. The predicted octanol–water partition coefficient (Wildman–Crippen LogP) is 3.48. The summed E-state index contributed by atoms with van der Waals surface area (Å²) in [4.78, 5) is 0. The van der Waals surface area contributed by atoms with Gasteiger partial charge in [-0.15, -0.1) is 0 Å². The van der Waals surface area contributed by atoms with Crippen LogP contribution in [-0.4, -0.2) is 19.2 Å². The number of fused-ring (bicyclic) bond motifs is 1. The van der Waals surface area contributed by atoms with Crippen molar-refractivity contribution >= 4 is 0 Å². The van der Waals surface area contributed by atoms with Gasteiger partial charge in [-0.1, -0.05) is 24.6 Å². The molecular weight excluding hydrogens is 222 g/mol. The Kier molecular flexibility index (Phi) is 3.29. The smallest absolute Gasteiger partial charge is 0.123 e. The van der Waals surface area contributed by atoms with Gasteiger partial charge in [0, 0.05) is 11.5 Å². The number of hydrogen-bond acceptors (Lipinski definition) is 2. The van der Waals surface area contributed by atoms with Crippen LogP contribution < -0.4 is 10.1 Å². The van der Waals surface area contributed by atoms with Crippen molar-refractivity contribution in [3.8, 4) is 5.75 Å². The van der Waals surface area contributed by atoms with Gasteiger partial charge in [-0.05, 0) is 51.8 Å². The molecule has 1 fully saturated rings. The molecular formula is C16H23NO. The van der Waals surface area contributed by atoms with Crippen LogP contribution in [0.5, 0.6) is 5.75 Å². The maximum atomic E-state index is 6.42. The number of nitrogens with one attached hydrogen (secondary N) is 1. The SMILES string of the molecule is CNCC[C@@H]1c2ccccc2OC12CCCCC2. The van der Waals surface area contributed by atoms with Gasteiger partial charge in [-0.3, -0.25) is 0 Å². The number of ether oxygens (including phenoxy) is 1. The molecule has 18 heavy (non-hydrogen) atoms. The van der Waals surface area contributed by atoms with Crippen LogP contribution >= 0.6 is 0 Å². The fourth-order valence-electron chi connectivity index (χ4n) is 3.74. The Labute approximate surface area is 110 Å². The van der Waals surface area contributed by atoms with Crippen LogP contribution in [0.2, 0.25) is 0 Å². The molecule has 1 N–H and O–H groups in total. The van der Waals surface area contributed by atoms with Crippen molar-refractivity contribution in [1.29, 1.82) is 0 Å². The lowest BCUT2D eigenvalue weighted by Crippen LogP contribution is -2.41. The van der Waals surface area contributed by atoms with E-state index in [1.54, 1.807) is 0 Å². The van der Waals surface area contributed by atoms with Gasteiger partial charge in [0.15, 0.2) is 0 Å². The fraction of sp³-hybridized carbons (Fsp3) is 0.625. The normalized spacial score (nSPS) is 24.8. The molecule has 98 valence electrons. The van der Waals surface area contributed by atoms with Crippen molar-refractivity contribution < 1.29 is 4.74 Å². The van der Waals surface area contributed by atoms with Gasteiger partial charge in [0.25, 0.3) is 0 Å². The van der Waals surface area contributed by atoms with Crippen molar-refractivity contribution in [3.63, 3.8) is 0 Å². The van der Waals surface area contributed by atoms with Crippen molar-refractivity contribution in [1.82, 2.24) is 5.32 Å². The molecule has 1 aliphatic heterocycles. The van der Waals surface area contributed by atoms with Crippen LogP contribution in [0.15, 0.2) is 24.3 Å². The molecule has 2 aliphatic rings. The Morgan fingerprint density at radius 3 is 2.78 bits per heavy atom. The van der Waals surface area contributed by atoms with Crippen molar-refractivity contribution in [2.24, 2.45) is 0 Å². The molecule has 1 atom stereocenters. The second-order valence-corrected chi connectivity index (χ2v) is 5.71.